The fraction of sp³-hybridized carbons (Fsp3) is 0.304. The molecule has 0 fully saturated rings. The molecule has 1 aromatic heterocycles. The van der Waals surface area contributed by atoms with E-state index in [0.29, 0.717) is 11.3 Å². The summed E-state index contributed by atoms with van der Waals surface area (Å²) < 4.78 is 34.0. The molecule has 11 heteroatoms. The summed E-state index contributed by atoms with van der Waals surface area (Å²) in [6, 6.07) is 10.1. The number of nitrogens with one attached hydrogen (secondary N) is 1. The monoisotopic (exact) mass is 516 g/mol. The minimum Gasteiger partial charge on any atom is -0.548 e. The largest absolute Gasteiger partial charge is 1.00 e. The average molecular weight is 517 g/mol. The van der Waals surface area contributed by atoms with E-state index in [1.54, 1.807) is 6.07 Å². The van der Waals surface area contributed by atoms with Gasteiger partial charge in [-0.05, 0) is 57.0 Å². The van der Waals surface area contributed by atoms with Gasteiger partial charge in [-0.3, -0.25) is 0 Å². The normalized spacial score (nSPS) is 13.2. The summed E-state index contributed by atoms with van der Waals surface area (Å²) in [5.41, 5.74) is 0.987. The van der Waals surface area contributed by atoms with Crippen LogP contribution in [0.1, 0.15) is 37.1 Å². The Balaban J connectivity index is 0.00000408. The van der Waals surface area contributed by atoms with Crippen molar-refractivity contribution in [1.29, 1.82) is 0 Å². The predicted octanol–water partition coefficient (Wildman–Crippen LogP) is 0.938. The van der Waals surface area contributed by atoms with E-state index < -0.39 is 21.5 Å². The number of aromatic nitrogens is 1. The Morgan fingerprint density at radius 1 is 1.21 bits per heavy atom. The molecule has 7 nitrogen and oxygen atoms in total. The van der Waals surface area contributed by atoms with Crippen molar-refractivity contribution in [2.45, 2.75) is 51.2 Å². The van der Waals surface area contributed by atoms with Crippen molar-refractivity contribution in [3.8, 4) is 5.75 Å². The van der Waals surface area contributed by atoms with E-state index in [4.69, 9.17) is 27.9 Å². The van der Waals surface area contributed by atoms with Crippen LogP contribution in [0.25, 0.3) is 10.9 Å². The molecule has 34 heavy (non-hydrogen) atoms. The number of hydrogen-bond donors (Lipinski definition) is 1. The number of hydrogen-bond acceptors (Lipinski definition) is 6. The van der Waals surface area contributed by atoms with Crippen molar-refractivity contribution >= 4 is 50.1 Å². The summed E-state index contributed by atoms with van der Waals surface area (Å²) in [5.74, 6) is -1.05. The summed E-state index contributed by atoms with van der Waals surface area (Å²) in [5, 5.41) is 12.4. The maximum absolute atomic E-state index is 12.9. The Labute approximate surface area is 221 Å². The first-order valence-electron chi connectivity index (χ1n) is 10.1. The zero-order chi connectivity index (χ0) is 24.6. The molecule has 0 radical (unpaired) electrons. The summed E-state index contributed by atoms with van der Waals surface area (Å²) in [6.45, 7) is 6.50. The average Bonchev–Trinajstić information content (AvgIpc) is 2.73. The van der Waals surface area contributed by atoms with Gasteiger partial charge in [-0.1, -0.05) is 42.3 Å². The second kappa shape index (κ2) is 10.9. The number of fused-ring (bicyclic) bond motifs is 1. The summed E-state index contributed by atoms with van der Waals surface area (Å²) in [7, 11) is -4.30. The van der Waals surface area contributed by atoms with Crippen molar-refractivity contribution < 1.29 is 41.9 Å². The first kappa shape index (κ1) is 28.4. The second-order valence-electron chi connectivity index (χ2n) is 7.94. The number of benzene rings is 2. The van der Waals surface area contributed by atoms with Crippen LogP contribution in [-0.2, 0) is 21.4 Å². The molecular formula is C23H23Cl2LiN2O5S. The number of aryl methyl sites for hydroxylation is 2. The molecule has 0 aliphatic heterocycles. The first-order chi connectivity index (χ1) is 15.4. The molecular weight excluding hydrogens is 494 g/mol. The van der Waals surface area contributed by atoms with Crippen LogP contribution in [-0.4, -0.2) is 24.9 Å². The molecule has 0 bridgehead atoms. The van der Waals surface area contributed by atoms with Gasteiger partial charge in [0.05, 0.1) is 16.5 Å². The SMILES string of the molecule is CC[C@](C)(NS(=O)(=O)c1ccc(Cl)c(COc2cccc3c(C)cc(C)nc23)c1Cl)C(=O)[O-].[Li+]. The van der Waals surface area contributed by atoms with E-state index >= 15 is 0 Å². The number of pyridine rings is 1. The van der Waals surface area contributed by atoms with Gasteiger partial charge in [0.1, 0.15) is 22.8 Å². The van der Waals surface area contributed by atoms with E-state index in [1.807, 2.05) is 32.0 Å². The number of sulfonamides is 1. The minimum atomic E-state index is -4.30. The van der Waals surface area contributed by atoms with E-state index in [-0.39, 0.29) is 52.4 Å². The molecule has 0 aliphatic carbocycles. The van der Waals surface area contributed by atoms with E-state index in [0.717, 1.165) is 16.6 Å². The molecule has 3 aromatic rings. The van der Waals surface area contributed by atoms with Crippen LogP contribution in [0.3, 0.4) is 0 Å². The van der Waals surface area contributed by atoms with Crippen LogP contribution in [0.2, 0.25) is 10.0 Å². The molecule has 0 spiro atoms. The Bertz CT molecular complexity index is 1350. The number of carboxylic acid groups (broad SMARTS) is 1. The van der Waals surface area contributed by atoms with Crippen LogP contribution in [0.4, 0.5) is 0 Å². The van der Waals surface area contributed by atoms with Crippen LogP contribution in [0.15, 0.2) is 41.3 Å². The van der Waals surface area contributed by atoms with Crippen molar-refractivity contribution in [3.63, 3.8) is 0 Å². The molecule has 0 aliphatic rings. The van der Waals surface area contributed by atoms with Crippen LogP contribution in [0.5, 0.6) is 5.75 Å². The molecule has 0 saturated carbocycles. The molecule has 176 valence electrons. The topological polar surface area (TPSA) is 108 Å². The van der Waals surface area contributed by atoms with E-state index in [2.05, 4.69) is 9.71 Å². The zero-order valence-corrected chi connectivity index (χ0v) is 21.9. The van der Waals surface area contributed by atoms with E-state index in [1.165, 1.54) is 26.0 Å². The van der Waals surface area contributed by atoms with Gasteiger partial charge in [-0.2, -0.15) is 4.72 Å². The summed E-state index contributed by atoms with van der Waals surface area (Å²) in [4.78, 5) is 15.7. The fourth-order valence-corrected chi connectivity index (χ4v) is 5.67. The first-order valence-corrected chi connectivity index (χ1v) is 12.4. The molecule has 0 saturated heterocycles. The second-order valence-corrected chi connectivity index (χ2v) is 10.4. The van der Waals surface area contributed by atoms with Crippen molar-refractivity contribution in [3.05, 3.63) is 63.3 Å². The van der Waals surface area contributed by atoms with Crippen molar-refractivity contribution in [1.82, 2.24) is 9.71 Å². The fourth-order valence-electron chi connectivity index (χ4n) is 3.35. The van der Waals surface area contributed by atoms with Gasteiger partial charge in [0.15, 0.2) is 0 Å². The van der Waals surface area contributed by atoms with Crippen LogP contribution in [0, 0.1) is 13.8 Å². The molecule has 1 heterocycles. The van der Waals surface area contributed by atoms with Gasteiger partial charge in [-0.15, -0.1) is 0 Å². The van der Waals surface area contributed by atoms with Gasteiger partial charge < -0.3 is 14.6 Å². The van der Waals surface area contributed by atoms with Crippen molar-refractivity contribution in [2.24, 2.45) is 0 Å². The van der Waals surface area contributed by atoms with Crippen LogP contribution < -0.4 is 33.4 Å². The number of rotatable bonds is 8. The maximum atomic E-state index is 12.9. The van der Waals surface area contributed by atoms with Crippen LogP contribution >= 0.6 is 23.2 Å². The minimum absolute atomic E-state index is 0. The molecule has 0 amide bonds. The van der Waals surface area contributed by atoms with Gasteiger partial charge in [-0.25, -0.2) is 13.4 Å². The summed E-state index contributed by atoms with van der Waals surface area (Å²) >= 11 is 12.7. The molecule has 1 N–H and O–H groups in total. The van der Waals surface area contributed by atoms with Gasteiger partial charge in [0.2, 0.25) is 10.0 Å². The Morgan fingerprint density at radius 3 is 2.50 bits per heavy atom. The quantitative estimate of drug-likeness (QED) is 0.446. The third kappa shape index (κ3) is 5.71. The number of carboxylic acids is 1. The number of aliphatic carboxylic acids is 1. The van der Waals surface area contributed by atoms with Gasteiger partial charge in [0.25, 0.3) is 0 Å². The third-order valence-corrected chi connectivity index (χ3v) is 8.00. The number of carbonyl (C=O) groups is 1. The molecule has 2 aromatic carbocycles. The Kier molecular flexibility index (Phi) is 9.09. The Morgan fingerprint density at radius 2 is 1.88 bits per heavy atom. The zero-order valence-electron chi connectivity index (χ0n) is 19.5. The standard InChI is InChI=1S/C23H24Cl2N2O5S.Li/c1-5-23(4,22(28)29)27-33(30,31)19-10-9-17(24)16(20(19)25)12-32-18-8-6-7-15-13(2)11-14(3)26-21(15)18;/h6-11,27H,5,12H2,1-4H3,(H,28,29);/q;+1/p-1/t23-;/m0./s1. The van der Waals surface area contributed by atoms with Crippen molar-refractivity contribution in [2.75, 3.05) is 0 Å². The number of halogens is 2. The number of nitrogens with zero attached hydrogens (tertiary/aromatic N) is 1. The van der Waals surface area contributed by atoms with E-state index in [9.17, 15) is 18.3 Å². The van der Waals surface area contributed by atoms with Gasteiger partial charge in [0, 0.05) is 21.7 Å². The maximum Gasteiger partial charge on any atom is 1.00 e. The number of carbonyl (C=O) groups excluding carboxylic acids is 1. The third-order valence-electron chi connectivity index (χ3n) is 5.47. The molecule has 1 atom stereocenters. The predicted molar refractivity (Wildman–Crippen MR) is 126 cm³/mol. The Hall–Kier alpha value is -1.79. The molecule has 3 rings (SSSR count). The molecule has 0 unspecified atom stereocenters. The number of para-hydroxylation sites is 1. The summed E-state index contributed by atoms with van der Waals surface area (Å²) in [6.07, 6.45) is -0.0251. The van der Waals surface area contributed by atoms with Gasteiger partial charge >= 0.3 is 18.9 Å². The smallest absolute Gasteiger partial charge is 0.548 e. The number of ether oxygens (including phenoxy) is 1.